The summed E-state index contributed by atoms with van der Waals surface area (Å²) in [5.74, 6) is 8.45. The molecular weight excluding hydrogens is 1270 g/mol. The fourth-order valence-corrected chi connectivity index (χ4v) is 14.5. The molecule has 86 heavy (non-hydrogen) atoms. The Morgan fingerprint density at radius 2 is 0.895 bits per heavy atom. The Morgan fingerprint density at radius 3 is 1.23 bits per heavy atom. The van der Waals surface area contributed by atoms with Crippen LogP contribution in [0, 0.1) is 11.8 Å². The van der Waals surface area contributed by atoms with Crippen molar-refractivity contribution < 1.29 is 33.3 Å². The average Bonchev–Trinajstić information content (AvgIpc) is 1.62. The highest BCUT2D eigenvalue weighted by Gasteiger charge is 2.35. The van der Waals surface area contributed by atoms with E-state index in [0.29, 0.717) is 12.3 Å². The number of thiophene rings is 3. The lowest BCUT2D eigenvalue weighted by molar-refractivity contribution is 0.0512. The quantitative estimate of drug-likeness (QED) is 0.0991. The van der Waals surface area contributed by atoms with Gasteiger partial charge < -0.3 is 42.4 Å². The normalized spacial score (nSPS) is 12.6. The number of rotatable bonds is 10. The first-order chi connectivity index (χ1) is 41.1. The van der Waals surface area contributed by atoms with Crippen molar-refractivity contribution in [3.05, 3.63) is 155 Å². The summed E-state index contributed by atoms with van der Waals surface area (Å²) in [7, 11) is 8.81. The van der Waals surface area contributed by atoms with Crippen molar-refractivity contribution in [3.8, 4) is 94.2 Å². The van der Waals surface area contributed by atoms with Crippen molar-refractivity contribution in [1.29, 1.82) is 0 Å². The summed E-state index contributed by atoms with van der Waals surface area (Å²) in [5.41, 5.74) is 16.1. The van der Waals surface area contributed by atoms with E-state index in [9.17, 15) is 14.4 Å². The molecule has 12 rings (SSSR count). The van der Waals surface area contributed by atoms with Crippen molar-refractivity contribution >= 4 is 83.7 Å². The lowest BCUT2D eigenvalue weighted by Crippen LogP contribution is -2.43. The maximum atomic E-state index is 13.5. The van der Waals surface area contributed by atoms with Crippen LogP contribution in [0.15, 0.2) is 116 Å². The molecule has 0 spiro atoms. The first kappa shape index (κ1) is 62.0. The molecule has 0 unspecified atom stereocenters. The second-order valence-corrected chi connectivity index (χ2v) is 27.7. The van der Waals surface area contributed by atoms with E-state index in [4.69, 9.17) is 18.9 Å². The van der Waals surface area contributed by atoms with Gasteiger partial charge in [-0.2, -0.15) is 0 Å². The monoisotopic (exact) mass is 1340 g/mol. The number of carbonyl (C=O) groups excluding carboxylic acids is 3. The molecule has 3 aliphatic rings. The van der Waals surface area contributed by atoms with E-state index in [1.54, 1.807) is 55.3 Å². The Kier molecular flexibility index (Phi) is 18.3. The third-order valence-electron chi connectivity index (χ3n) is 16.2. The van der Waals surface area contributed by atoms with E-state index < -0.39 is 0 Å². The Balaban J connectivity index is 0.000000144. The number of fused-ring (bicyclic) bond motifs is 9. The molecule has 0 aliphatic carbocycles. The van der Waals surface area contributed by atoms with Gasteiger partial charge in [0.2, 0.25) is 0 Å². The smallest absolute Gasteiger partial charge is 0.354 e. The lowest BCUT2D eigenvalue weighted by atomic mass is 9.93. The van der Waals surface area contributed by atoms with Gasteiger partial charge in [0.15, 0.2) is 0 Å². The number of nitrogens with zero attached hydrogens (tertiary/aromatic N) is 5. The van der Waals surface area contributed by atoms with Crippen LogP contribution >= 0.6 is 65.9 Å². The number of hydrogen-bond acceptors (Lipinski definition) is 10. The number of benzene rings is 3. The number of carbonyl (C=O) groups is 3. The molecule has 3 aliphatic heterocycles. The van der Waals surface area contributed by atoms with Gasteiger partial charge in [-0.1, -0.05) is 24.1 Å². The van der Waals surface area contributed by atoms with Crippen LogP contribution in [0.1, 0.15) is 109 Å². The minimum atomic E-state index is -0.271. The summed E-state index contributed by atoms with van der Waals surface area (Å²) in [6.07, 6.45) is 2.55. The lowest BCUT2D eigenvalue weighted by Gasteiger charge is -2.32. The van der Waals surface area contributed by atoms with Gasteiger partial charge in [-0.25, -0.2) is 4.79 Å². The molecule has 0 atom stereocenters. The number of ether oxygens (including phenoxy) is 4. The van der Waals surface area contributed by atoms with E-state index in [1.807, 2.05) is 49.9 Å². The highest BCUT2D eigenvalue weighted by Crippen LogP contribution is 2.48. The number of halogens is 2. The van der Waals surface area contributed by atoms with Crippen molar-refractivity contribution in [2.75, 3.05) is 42.0 Å². The third kappa shape index (κ3) is 11.9. The van der Waals surface area contributed by atoms with Crippen molar-refractivity contribution in [3.63, 3.8) is 0 Å². The molecule has 0 N–H and O–H groups in total. The summed E-state index contributed by atoms with van der Waals surface area (Å²) in [6, 6.07) is 31.2. The zero-order valence-corrected chi connectivity index (χ0v) is 56.5. The van der Waals surface area contributed by atoms with Crippen LogP contribution in [0.2, 0.25) is 0 Å². The fraction of sp³-hybridized carbons (Fsp3) is 0.319. The minimum Gasteiger partial charge on any atom is -0.496 e. The molecular formula is C69H71Br2N5O7S3. The topological polar surface area (TPSA) is 109 Å². The highest BCUT2D eigenvalue weighted by atomic mass is 79.9. The number of aryl methyl sites for hydroxylation is 3. The number of hydrogen-bond donors (Lipinski definition) is 0. The third-order valence-corrected chi connectivity index (χ3v) is 20.2. The molecule has 12 nitrogen and oxygen atoms in total. The molecule has 0 radical (unpaired) electrons. The first-order valence-electron chi connectivity index (χ1n) is 28.5. The van der Waals surface area contributed by atoms with Gasteiger partial charge in [0.25, 0.3) is 11.8 Å². The van der Waals surface area contributed by atoms with Gasteiger partial charge in [0.1, 0.15) is 34.3 Å². The second-order valence-electron chi connectivity index (χ2n) is 23.2. The van der Waals surface area contributed by atoms with Crippen molar-refractivity contribution in [2.24, 2.45) is 0 Å². The predicted molar refractivity (Wildman–Crippen MR) is 358 cm³/mol. The Hall–Kier alpha value is -7.07. The average molecular weight is 1340 g/mol. The van der Waals surface area contributed by atoms with Crippen LogP contribution < -0.4 is 14.2 Å². The zero-order valence-electron chi connectivity index (χ0n) is 50.9. The number of aromatic nitrogens is 3. The van der Waals surface area contributed by atoms with Crippen LogP contribution in [0.25, 0.3) is 65.1 Å². The minimum absolute atomic E-state index is 0.0436. The number of amides is 2. The van der Waals surface area contributed by atoms with E-state index in [2.05, 4.69) is 194 Å². The molecule has 9 heterocycles. The summed E-state index contributed by atoms with van der Waals surface area (Å²) >= 11 is 12.3. The molecule has 0 fully saturated rings. The van der Waals surface area contributed by atoms with Crippen LogP contribution in [0.5, 0.6) is 17.2 Å². The predicted octanol–water partition coefficient (Wildman–Crippen LogP) is 17.2. The van der Waals surface area contributed by atoms with Gasteiger partial charge in [-0.15, -0.1) is 39.9 Å². The fourth-order valence-electron chi connectivity index (χ4n) is 11.3. The number of esters is 1. The summed E-state index contributed by atoms with van der Waals surface area (Å²) in [4.78, 5) is 46.5. The van der Waals surface area contributed by atoms with Crippen molar-refractivity contribution in [1.82, 2.24) is 23.5 Å². The zero-order chi connectivity index (χ0) is 61.5. The first-order valence-corrected chi connectivity index (χ1v) is 32.8. The van der Waals surface area contributed by atoms with Crippen LogP contribution in [0.4, 0.5) is 0 Å². The SMILES string of the molecule is CC#Cc1cc2c(cc1OC)CCn1c(C(=O)N(C)C(C)(C)C)cc(-c3cccs3)c1-2.CCOC(=O)c1cc(-c2cccs2)c2n1CCc1cc(OC)c(Br)cc1-2.COc1cc2c(cc1Br)-c1c(-c3cccs3)cc(C(=O)N(C)C(C)(C)C)n1CC2. The largest absolute Gasteiger partial charge is 0.496 e. The standard InChI is InChI=1S/C26H28N2O2S.C23H25BrN2O2S.C20H18BrNO3S/c1-7-9-18-14-19-17(15-22(18)30-6)11-12-28-21(25(29)27(5)26(2,3)4)16-20(24(19)28)23-10-8-13-31-23;1-23(2,3)25(4)22(27)18-13-16(20-7-6-10-29-20)21-15-12-17(24)19(28-5)11-14(15)8-9-26(18)21;1-3-25-20(23)16-11-14(18-5-4-8-26-18)19-13-10-15(21)17(24-2)9-12(13)6-7-22(16)19/h8,10,13-16H,11-12H2,1-6H3;6-7,10-13H,8-9H2,1-5H3;4-5,8-11H,3,6-7H2,1-2H3. The maximum Gasteiger partial charge on any atom is 0.354 e. The van der Waals surface area contributed by atoms with Gasteiger partial charge in [0, 0.05) is 92.8 Å². The van der Waals surface area contributed by atoms with E-state index in [1.165, 1.54) is 21.6 Å². The van der Waals surface area contributed by atoms with Gasteiger partial charge in [-0.05, 0) is 212 Å². The molecule has 17 heteroatoms. The molecule has 0 saturated carbocycles. The molecule has 2 amide bonds. The summed E-state index contributed by atoms with van der Waals surface area (Å²) < 4.78 is 30.1. The van der Waals surface area contributed by atoms with Crippen LogP contribution in [-0.4, -0.2) is 94.4 Å². The Bertz CT molecular complexity index is 4090. The van der Waals surface area contributed by atoms with Gasteiger partial charge in [0.05, 0.1) is 59.5 Å². The molecule has 0 bridgehead atoms. The van der Waals surface area contributed by atoms with Gasteiger partial charge >= 0.3 is 5.97 Å². The molecule has 3 aromatic carbocycles. The van der Waals surface area contributed by atoms with Crippen LogP contribution in [0.3, 0.4) is 0 Å². The Morgan fingerprint density at radius 1 is 0.535 bits per heavy atom. The summed E-state index contributed by atoms with van der Waals surface area (Å²) in [6.45, 7) is 18.7. The van der Waals surface area contributed by atoms with Crippen LogP contribution in [-0.2, 0) is 43.6 Å². The molecule has 9 aromatic rings. The number of methoxy groups -OCH3 is 3. The second kappa shape index (κ2) is 25.3. The summed E-state index contributed by atoms with van der Waals surface area (Å²) in [5, 5.41) is 6.21. The molecule has 6 aromatic heterocycles. The molecule has 0 saturated heterocycles. The van der Waals surface area contributed by atoms with E-state index in [-0.39, 0.29) is 28.9 Å². The van der Waals surface area contributed by atoms with Gasteiger partial charge in [-0.3, -0.25) is 9.59 Å². The Labute approximate surface area is 533 Å². The van der Waals surface area contributed by atoms with Crippen molar-refractivity contribution in [2.45, 2.75) is 105 Å². The van der Waals surface area contributed by atoms with E-state index in [0.717, 1.165) is 142 Å². The highest BCUT2D eigenvalue weighted by molar-refractivity contribution is 9.11. The van der Waals surface area contributed by atoms with E-state index >= 15 is 0 Å². The molecule has 446 valence electrons. The maximum absolute atomic E-state index is 13.5.